The van der Waals surface area contributed by atoms with Crippen LogP contribution < -0.4 is 10.5 Å². The Labute approximate surface area is 168 Å². The van der Waals surface area contributed by atoms with Crippen molar-refractivity contribution < 1.29 is 17.9 Å². The zero-order chi connectivity index (χ0) is 20.3. The van der Waals surface area contributed by atoms with Gasteiger partial charge in [0.1, 0.15) is 0 Å². The van der Waals surface area contributed by atoms with Crippen LogP contribution >= 0.6 is 11.8 Å². The molecule has 0 spiro atoms. The van der Waals surface area contributed by atoms with Crippen LogP contribution in [0, 0.1) is 13.8 Å². The highest BCUT2D eigenvalue weighted by molar-refractivity contribution is 7.99. The van der Waals surface area contributed by atoms with Crippen molar-refractivity contribution in [2.24, 2.45) is 5.14 Å². The number of rotatable bonds is 7. The lowest BCUT2D eigenvalue weighted by atomic mass is 10.2. The largest absolute Gasteiger partial charge is 0.376 e. The smallest absolute Gasteiger partial charge is 0.238 e. The van der Waals surface area contributed by atoms with E-state index in [2.05, 4.69) is 14.9 Å². The van der Waals surface area contributed by atoms with Crippen LogP contribution in [0.2, 0.25) is 0 Å². The lowest BCUT2D eigenvalue weighted by Crippen LogP contribution is -2.18. The normalized spacial score (nSPS) is 17.0. The molecule has 2 heterocycles. The van der Waals surface area contributed by atoms with Crippen molar-refractivity contribution in [2.45, 2.75) is 49.4 Å². The molecular weight excluding hydrogens is 400 g/mol. The maximum atomic E-state index is 12.3. The second-order valence-corrected chi connectivity index (χ2v) is 9.22. The lowest BCUT2D eigenvalue weighted by molar-refractivity contribution is -0.113. The Balaban J connectivity index is 1.64. The zero-order valence-electron chi connectivity index (χ0n) is 15.8. The average molecular weight is 425 g/mol. The van der Waals surface area contributed by atoms with Crippen LogP contribution in [0.5, 0.6) is 0 Å². The number of thioether (sulfide) groups is 1. The quantitative estimate of drug-likeness (QED) is 0.657. The summed E-state index contributed by atoms with van der Waals surface area (Å²) in [4.78, 5) is 16.8. The number of imidazole rings is 1. The van der Waals surface area contributed by atoms with Crippen LogP contribution in [-0.2, 0) is 26.1 Å². The standard InChI is InChI=1S/C18H24N4O4S2/c1-12-13(2)22(10-15-6-4-8-26-15)18(20-12)27-11-17(23)21-14-5-3-7-16(9-14)28(19,24)25/h3,5,7,9,15H,4,6,8,10-11H2,1-2H3,(H,21,23)(H2,19,24,25). The molecule has 0 saturated carbocycles. The number of ether oxygens (including phenoxy) is 1. The summed E-state index contributed by atoms with van der Waals surface area (Å²) in [7, 11) is -3.82. The summed E-state index contributed by atoms with van der Waals surface area (Å²) in [6.07, 6.45) is 2.28. The molecule has 0 aliphatic carbocycles. The van der Waals surface area contributed by atoms with Gasteiger partial charge in [0, 0.05) is 18.0 Å². The SMILES string of the molecule is Cc1nc(SCC(=O)Nc2cccc(S(N)(=O)=O)c2)n(CC2CCCO2)c1C. The number of amides is 1. The highest BCUT2D eigenvalue weighted by atomic mass is 32.2. The molecule has 0 bridgehead atoms. The van der Waals surface area contributed by atoms with Gasteiger partial charge in [-0.3, -0.25) is 4.79 Å². The lowest BCUT2D eigenvalue weighted by Gasteiger charge is -2.14. The first-order chi connectivity index (χ1) is 13.2. The Morgan fingerprint density at radius 1 is 1.43 bits per heavy atom. The fourth-order valence-electron chi connectivity index (χ4n) is 3.02. The van der Waals surface area contributed by atoms with Crippen molar-refractivity contribution in [3.63, 3.8) is 0 Å². The molecule has 10 heteroatoms. The van der Waals surface area contributed by atoms with Gasteiger partial charge in [0.2, 0.25) is 15.9 Å². The number of anilines is 1. The second kappa shape index (κ2) is 8.64. The fraction of sp³-hybridized carbons (Fsp3) is 0.444. The Morgan fingerprint density at radius 3 is 2.89 bits per heavy atom. The Bertz CT molecular complexity index is 966. The summed E-state index contributed by atoms with van der Waals surface area (Å²) >= 11 is 1.34. The molecule has 1 saturated heterocycles. The number of carbonyl (C=O) groups excluding carboxylic acids is 1. The molecule has 1 unspecified atom stereocenters. The van der Waals surface area contributed by atoms with E-state index in [-0.39, 0.29) is 22.7 Å². The monoisotopic (exact) mass is 424 g/mol. The van der Waals surface area contributed by atoms with E-state index in [1.807, 2.05) is 13.8 Å². The van der Waals surface area contributed by atoms with Crippen molar-refractivity contribution >= 4 is 33.4 Å². The van der Waals surface area contributed by atoms with Crippen LogP contribution in [0.3, 0.4) is 0 Å². The topological polar surface area (TPSA) is 116 Å². The van der Waals surface area contributed by atoms with E-state index < -0.39 is 10.0 Å². The third kappa shape index (κ3) is 5.13. The minimum atomic E-state index is -3.82. The molecular formula is C18H24N4O4S2. The van der Waals surface area contributed by atoms with E-state index in [9.17, 15) is 13.2 Å². The summed E-state index contributed by atoms with van der Waals surface area (Å²) in [5, 5.41) is 8.60. The minimum Gasteiger partial charge on any atom is -0.376 e. The molecule has 3 rings (SSSR count). The number of aromatic nitrogens is 2. The van der Waals surface area contributed by atoms with Gasteiger partial charge in [0.25, 0.3) is 0 Å². The van der Waals surface area contributed by atoms with E-state index >= 15 is 0 Å². The summed E-state index contributed by atoms with van der Waals surface area (Å²) < 4.78 is 30.7. The highest BCUT2D eigenvalue weighted by Crippen LogP contribution is 2.24. The number of aryl methyl sites for hydroxylation is 1. The number of hydrogen-bond donors (Lipinski definition) is 2. The van der Waals surface area contributed by atoms with Gasteiger partial charge in [-0.1, -0.05) is 17.8 Å². The number of primary sulfonamides is 1. The number of nitrogens with zero attached hydrogens (tertiary/aromatic N) is 2. The Kier molecular flexibility index (Phi) is 6.43. The van der Waals surface area contributed by atoms with Crippen molar-refractivity contribution in [3.05, 3.63) is 35.7 Å². The molecule has 1 fully saturated rings. The fourth-order valence-corrected chi connectivity index (χ4v) is 4.48. The molecule has 1 atom stereocenters. The zero-order valence-corrected chi connectivity index (χ0v) is 17.5. The molecule has 152 valence electrons. The summed E-state index contributed by atoms with van der Waals surface area (Å²) in [5.41, 5.74) is 2.38. The molecule has 8 nitrogen and oxygen atoms in total. The predicted molar refractivity (Wildman–Crippen MR) is 108 cm³/mol. The van der Waals surface area contributed by atoms with Crippen LogP contribution in [0.25, 0.3) is 0 Å². The predicted octanol–water partition coefficient (Wildman–Crippen LogP) is 2.06. The molecule has 3 N–H and O–H groups in total. The molecule has 1 aromatic heterocycles. The van der Waals surface area contributed by atoms with Crippen LogP contribution in [0.1, 0.15) is 24.2 Å². The van der Waals surface area contributed by atoms with E-state index in [0.717, 1.165) is 42.5 Å². The summed E-state index contributed by atoms with van der Waals surface area (Å²) in [5.74, 6) is -0.0976. The number of hydrogen-bond acceptors (Lipinski definition) is 6. The maximum Gasteiger partial charge on any atom is 0.238 e. The molecule has 1 amide bonds. The minimum absolute atomic E-state index is 0.0451. The average Bonchev–Trinajstić information content (AvgIpc) is 3.23. The molecule has 1 aliphatic heterocycles. The highest BCUT2D eigenvalue weighted by Gasteiger charge is 2.21. The molecule has 0 radical (unpaired) electrons. The summed E-state index contributed by atoms with van der Waals surface area (Å²) in [6, 6.07) is 5.87. The van der Waals surface area contributed by atoms with Gasteiger partial charge in [0.05, 0.1) is 29.0 Å². The van der Waals surface area contributed by atoms with Gasteiger partial charge < -0.3 is 14.6 Å². The molecule has 2 aromatic rings. The van der Waals surface area contributed by atoms with Gasteiger partial charge in [0.15, 0.2) is 5.16 Å². The molecule has 1 aliphatic rings. The van der Waals surface area contributed by atoms with Gasteiger partial charge in [-0.2, -0.15) is 0 Å². The van der Waals surface area contributed by atoms with E-state index in [1.54, 1.807) is 6.07 Å². The Hall–Kier alpha value is -1.88. The maximum absolute atomic E-state index is 12.3. The first-order valence-electron chi connectivity index (χ1n) is 8.95. The van der Waals surface area contributed by atoms with Gasteiger partial charge >= 0.3 is 0 Å². The summed E-state index contributed by atoms with van der Waals surface area (Å²) in [6.45, 7) is 5.48. The van der Waals surface area contributed by atoms with Crippen molar-refractivity contribution in [1.29, 1.82) is 0 Å². The van der Waals surface area contributed by atoms with Crippen molar-refractivity contribution in [3.8, 4) is 0 Å². The first kappa shape index (κ1) is 20.8. The van der Waals surface area contributed by atoms with Crippen molar-refractivity contribution in [2.75, 3.05) is 17.7 Å². The van der Waals surface area contributed by atoms with E-state index in [1.165, 1.54) is 30.0 Å². The van der Waals surface area contributed by atoms with Crippen LogP contribution in [-0.4, -0.2) is 42.3 Å². The van der Waals surface area contributed by atoms with E-state index in [0.29, 0.717) is 5.69 Å². The number of carbonyl (C=O) groups is 1. The van der Waals surface area contributed by atoms with E-state index in [4.69, 9.17) is 9.88 Å². The molecule has 28 heavy (non-hydrogen) atoms. The molecule has 1 aromatic carbocycles. The Morgan fingerprint density at radius 2 is 2.21 bits per heavy atom. The number of nitrogens with one attached hydrogen (secondary N) is 1. The van der Waals surface area contributed by atoms with Crippen molar-refractivity contribution in [1.82, 2.24) is 9.55 Å². The second-order valence-electron chi connectivity index (χ2n) is 6.72. The third-order valence-corrected chi connectivity index (χ3v) is 6.50. The number of sulfonamides is 1. The van der Waals surface area contributed by atoms with Gasteiger partial charge in [-0.15, -0.1) is 0 Å². The number of benzene rings is 1. The van der Waals surface area contributed by atoms with Crippen LogP contribution in [0.4, 0.5) is 5.69 Å². The number of nitrogens with two attached hydrogens (primary N) is 1. The van der Waals surface area contributed by atoms with Gasteiger partial charge in [-0.25, -0.2) is 18.5 Å². The third-order valence-electron chi connectivity index (χ3n) is 4.61. The van der Waals surface area contributed by atoms with Crippen LogP contribution in [0.15, 0.2) is 34.3 Å². The van der Waals surface area contributed by atoms with Gasteiger partial charge in [-0.05, 0) is 44.9 Å². The first-order valence-corrected chi connectivity index (χ1v) is 11.5.